The van der Waals surface area contributed by atoms with E-state index in [1.165, 1.54) is 0 Å². The third kappa shape index (κ3) is 4.14. The Morgan fingerprint density at radius 1 is 0.846 bits per heavy atom. The van der Waals surface area contributed by atoms with Crippen LogP contribution in [0.4, 0.5) is 30.7 Å². The molecule has 0 bridgehead atoms. The molecule has 0 rings (SSSR count). The van der Waals surface area contributed by atoms with Crippen LogP contribution in [0.3, 0.4) is 0 Å². The number of allylic oxidation sites excluding steroid dienone is 1. The predicted molar refractivity (Wildman–Crippen MR) is 31.0 cm³/mol. The summed E-state index contributed by atoms with van der Waals surface area (Å²) in [5.41, 5.74) is 0. The van der Waals surface area contributed by atoms with Crippen LogP contribution in [0.25, 0.3) is 0 Å². The summed E-state index contributed by atoms with van der Waals surface area (Å²) in [5, 5.41) is 0. The van der Waals surface area contributed by atoms with Gasteiger partial charge in [-0.2, -0.15) is 8.78 Å². The second-order valence-electron chi connectivity index (χ2n) is 2.12. The van der Waals surface area contributed by atoms with Crippen molar-refractivity contribution < 1.29 is 30.7 Å². The summed E-state index contributed by atoms with van der Waals surface area (Å²) in [4.78, 5) is 0. The molecule has 0 fully saturated rings. The van der Waals surface area contributed by atoms with Crippen molar-refractivity contribution in [3.8, 4) is 0 Å². The van der Waals surface area contributed by atoms with Gasteiger partial charge in [-0.3, -0.25) is 0 Å². The Hall–Kier alpha value is -0.750. The van der Waals surface area contributed by atoms with Gasteiger partial charge >= 0.3 is 0 Å². The average molecular weight is 210 g/mol. The van der Waals surface area contributed by atoms with Crippen LogP contribution in [0.2, 0.25) is 0 Å². The number of hydrogen-bond donors (Lipinski definition) is 0. The molecule has 0 aromatic carbocycles. The molecular formula is C6H5F7. The van der Waals surface area contributed by atoms with Gasteiger partial charge in [0.15, 0.2) is 18.5 Å². The quantitative estimate of drug-likeness (QED) is 0.625. The molecule has 0 aliphatic rings. The van der Waals surface area contributed by atoms with Crippen LogP contribution < -0.4 is 0 Å². The molecule has 7 heteroatoms. The molecular weight excluding hydrogens is 205 g/mol. The van der Waals surface area contributed by atoms with Crippen molar-refractivity contribution in [1.29, 1.82) is 0 Å². The van der Waals surface area contributed by atoms with Crippen LogP contribution in [0, 0.1) is 0 Å². The molecule has 0 N–H and O–H groups in total. The van der Waals surface area contributed by atoms with Gasteiger partial charge in [0, 0.05) is 6.08 Å². The number of hydrogen-bond acceptors (Lipinski definition) is 0. The first-order valence-electron chi connectivity index (χ1n) is 3.09. The van der Waals surface area contributed by atoms with E-state index >= 15 is 0 Å². The maximum atomic E-state index is 12.2. The Morgan fingerprint density at radius 3 is 1.62 bits per heavy atom. The number of rotatable bonds is 4. The molecule has 3 unspecified atom stereocenters. The van der Waals surface area contributed by atoms with Crippen molar-refractivity contribution >= 4 is 0 Å². The van der Waals surface area contributed by atoms with E-state index in [-0.39, 0.29) is 0 Å². The van der Waals surface area contributed by atoms with Crippen molar-refractivity contribution in [3.05, 3.63) is 12.2 Å². The predicted octanol–water partition coefficient (Wildman–Crippen LogP) is 3.05. The van der Waals surface area contributed by atoms with Gasteiger partial charge in [-0.25, -0.2) is 22.0 Å². The number of halogens is 7. The molecule has 0 aliphatic heterocycles. The van der Waals surface area contributed by atoms with Gasteiger partial charge in [0.2, 0.25) is 0 Å². The standard InChI is InChI=1S/C6H5F7/c7-2(1-3(8)9)4(10)5(11)6(12)13/h1-2,4-6H. The molecule has 13 heavy (non-hydrogen) atoms. The van der Waals surface area contributed by atoms with E-state index in [4.69, 9.17) is 0 Å². The molecule has 0 aromatic rings. The van der Waals surface area contributed by atoms with Crippen LogP contribution in [-0.2, 0) is 0 Å². The largest absolute Gasteiger partial charge is 0.272 e. The zero-order valence-electron chi connectivity index (χ0n) is 6.03. The SMILES string of the molecule is FC(F)=CC(F)C(F)C(F)C(F)F. The van der Waals surface area contributed by atoms with Gasteiger partial charge in [-0.05, 0) is 0 Å². The highest BCUT2D eigenvalue weighted by atomic mass is 19.3. The lowest BCUT2D eigenvalue weighted by atomic mass is 10.1. The minimum atomic E-state index is -3.73. The fraction of sp³-hybridized carbons (Fsp3) is 0.667. The monoisotopic (exact) mass is 210 g/mol. The van der Waals surface area contributed by atoms with E-state index in [9.17, 15) is 30.7 Å². The summed E-state index contributed by atoms with van der Waals surface area (Å²) >= 11 is 0. The molecule has 3 atom stereocenters. The molecule has 0 saturated heterocycles. The van der Waals surface area contributed by atoms with E-state index in [0.717, 1.165) is 0 Å². The second kappa shape index (κ2) is 5.08. The van der Waals surface area contributed by atoms with Crippen molar-refractivity contribution in [2.24, 2.45) is 0 Å². The number of alkyl halides is 5. The fourth-order valence-corrected chi connectivity index (χ4v) is 0.527. The highest BCUT2D eigenvalue weighted by molar-refractivity contribution is 4.95. The third-order valence-electron chi connectivity index (χ3n) is 1.13. The Bertz CT molecular complexity index is 174. The zero-order chi connectivity index (χ0) is 10.6. The Balaban J connectivity index is 4.25. The van der Waals surface area contributed by atoms with E-state index in [1.807, 2.05) is 0 Å². The van der Waals surface area contributed by atoms with Crippen LogP contribution in [0.1, 0.15) is 0 Å². The van der Waals surface area contributed by atoms with E-state index in [1.54, 1.807) is 0 Å². The maximum Gasteiger partial charge on any atom is 0.272 e. The molecule has 0 spiro atoms. The Morgan fingerprint density at radius 2 is 1.31 bits per heavy atom. The molecule has 0 saturated carbocycles. The normalized spacial score (nSPS) is 18.2. The lowest BCUT2D eigenvalue weighted by Gasteiger charge is -2.13. The summed E-state index contributed by atoms with van der Waals surface area (Å²) in [6, 6.07) is 0. The maximum absolute atomic E-state index is 12.2. The fourth-order valence-electron chi connectivity index (χ4n) is 0.527. The van der Waals surface area contributed by atoms with Gasteiger partial charge < -0.3 is 0 Å². The summed E-state index contributed by atoms with van der Waals surface area (Å²) in [7, 11) is 0. The van der Waals surface area contributed by atoms with Gasteiger partial charge in [0.1, 0.15) is 0 Å². The summed E-state index contributed by atoms with van der Waals surface area (Å²) in [6.45, 7) is 0. The molecule has 0 aromatic heterocycles. The topological polar surface area (TPSA) is 0 Å². The van der Waals surface area contributed by atoms with Crippen LogP contribution in [-0.4, -0.2) is 24.9 Å². The van der Waals surface area contributed by atoms with Gasteiger partial charge in [-0.15, -0.1) is 0 Å². The van der Waals surface area contributed by atoms with Crippen molar-refractivity contribution in [1.82, 2.24) is 0 Å². The highest BCUT2D eigenvalue weighted by Crippen LogP contribution is 2.20. The summed E-state index contributed by atoms with van der Waals surface area (Å²) in [5.74, 6) is 0. The smallest absolute Gasteiger partial charge is 0.240 e. The molecule has 0 amide bonds. The minimum absolute atomic E-state index is 0.556. The lowest BCUT2D eigenvalue weighted by Crippen LogP contribution is -2.32. The average Bonchev–Trinajstić information content (AvgIpc) is 2.00. The lowest BCUT2D eigenvalue weighted by molar-refractivity contribution is -0.0152. The second-order valence-corrected chi connectivity index (χ2v) is 2.12. The van der Waals surface area contributed by atoms with E-state index < -0.39 is 37.1 Å². The zero-order valence-corrected chi connectivity index (χ0v) is 6.03. The summed E-state index contributed by atoms with van der Waals surface area (Å²) < 4.78 is 81.6. The first kappa shape index (κ1) is 12.2. The van der Waals surface area contributed by atoms with Gasteiger partial charge in [0.25, 0.3) is 12.5 Å². The minimum Gasteiger partial charge on any atom is -0.240 e. The highest BCUT2D eigenvalue weighted by Gasteiger charge is 2.35. The van der Waals surface area contributed by atoms with E-state index in [2.05, 4.69) is 0 Å². The Labute approximate surface area is 69.0 Å². The van der Waals surface area contributed by atoms with Gasteiger partial charge in [-0.1, -0.05) is 0 Å². The summed E-state index contributed by atoms with van der Waals surface area (Å²) in [6.07, 6.45) is -16.6. The van der Waals surface area contributed by atoms with Crippen molar-refractivity contribution in [3.63, 3.8) is 0 Å². The first-order chi connectivity index (χ1) is 5.86. The molecule has 0 heterocycles. The molecule has 0 nitrogen and oxygen atoms in total. The first-order valence-corrected chi connectivity index (χ1v) is 3.09. The Kier molecular flexibility index (Phi) is 4.79. The van der Waals surface area contributed by atoms with Crippen molar-refractivity contribution in [2.45, 2.75) is 24.9 Å². The van der Waals surface area contributed by atoms with Crippen LogP contribution in [0.15, 0.2) is 12.2 Å². The molecule has 0 aliphatic carbocycles. The van der Waals surface area contributed by atoms with Gasteiger partial charge in [0.05, 0.1) is 0 Å². The van der Waals surface area contributed by atoms with Crippen molar-refractivity contribution in [2.75, 3.05) is 0 Å². The van der Waals surface area contributed by atoms with E-state index in [0.29, 0.717) is 0 Å². The molecule has 0 radical (unpaired) electrons. The molecule has 78 valence electrons. The van der Waals surface area contributed by atoms with Crippen LogP contribution in [0.5, 0.6) is 0 Å². The third-order valence-corrected chi connectivity index (χ3v) is 1.13. The van der Waals surface area contributed by atoms with Crippen LogP contribution >= 0.6 is 0 Å².